The van der Waals surface area contributed by atoms with Gasteiger partial charge in [0, 0.05) is 57.4 Å². The second-order valence-corrected chi connectivity index (χ2v) is 11.9. The molecule has 6 rings (SSSR count). The van der Waals surface area contributed by atoms with Crippen LogP contribution in [0.4, 0.5) is 29.2 Å². The highest BCUT2D eigenvalue weighted by molar-refractivity contribution is 5.80. The number of piperazine rings is 1. The van der Waals surface area contributed by atoms with E-state index in [9.17, 15) is 22.4 Å². The van der Waals surface area contributed by atoms with Gasteiger partial charge in [0.2, 0.25) is 11.9 Å². The number of rotatable bonds is 7. The van der Waals surface area contributed by atoms with Crippen molar-refractivity contribution in [3.05, 3.63) is 89.7 Å². The number of hydrogen-bond acceptors (Lipinski definition) is 6. The van der Waals surface area contributed by atoms with E-state index in [1.807, 2.05) is 30.3 Å². The summed E-state index contributed by atoms with van der Waals surface area (Å²) in [6.45, 7) is 6.97. The third-order valence-corrected chi connectivity index (χ3v) is 8.55. The minimum Gasteiger partial charge on any atom is -0.475 e. The number of carbonyl (C=O) groups is 2. The average molecular weight is 655 g/mol. The third kappa shape index (κ3) is 8.79. The lowest BCUT2D eigenvalue weighted by Gasteiger charge is -2.34. The van der Waals surface area contributed by atoms with Crippen molar-refractivity contribution >= 4 is 34.5 Å². The van der Waals surface area contributed by atoms with Gasteiger partial charge in [0.05, 0.1) is 17.6 Å². The summed E-state index contributed by atoms with van der Waals surface area (Å²) in [5.41, 5.74) is 5.40. The molecular weight excluding hydrogens is 616 g/mol. The molecule has 47 heavy (non-hydrogen) atoms. The van der Waals surface area contributed by atoms with Crippen LogP contribution in [0.5, 0.6) is 0 Å². The quantitative estimate of drug-likeness (QED) is 0.267. The lowest BCUT2D eigenvalue weighted by molar-refractivity contribution is -0.192. The van der Waals surface area contributed by atoms with Crippen molar-refractivity contribution in [1.29, 1.82) is 0 Å². The normalized spacial score (nSPS) is 16.1. The van der Waals surface area contributed by atoms with Gasteiger partial charge in [-0.2, -0.15) is 13.2 Å². The average Bonchev–Trinajstić information content (AvgIpc) is 3.43. The molecule has 2 N–H and O–H groups in total. The van der Waals surface area contributed by atoms with Crippen molar-refractivity contribution in [2.24, 2.45) is 5.92 Å². The zero-order chi connectivity index (χ0) is 33.6. The second kappa shape index (κ2) is 14.8. The first kappa shape index (κ1) is 33.7. The number of aromatic nitrogens is 2. The molecule has 0 saturated carbocycles. The molecule has 0 unspecified atom stereocenters. The number of amides is 1. The number of likely N-dealkylation sites (N-methyl/N-ethyl adjacent to an activating group) is 1. The van der Waals surface area contributed by atoms with Crippen LogP contribution in [0.15, 0.2) is 72.8 Å². The predicted molar refractivity (Wildman–Crippen MR) is 172 cm³/mol. The summed E-state index contributed by atoms with van der Waals surface area (Å²) in [7, 11) is 2.17. The number of fused-ring (bicyclic) bond motifs is 1. The zero-order valence-electron chi connectivity index (χ0n) is 26.1. The van der Waals surface area contributed by atoms with Crippen molar-refractivity contribution in [2.75, 3.05) is 56.1 Å². The number of aliphatic carboxylic acids is 1. The Hall–Kier alpha value is -4.65. The smallest absolute Gasteiger partial charge is 0.475 e. The summed E-state index contributed by atoms with van der Waals surface area (Å²) in [5.74, 6) is -1.96. The van der Waals surface area contributed by atoms with Gasteiger partial charge in [0.15, 0.2) is 0 Å². The van der Waals surface area contributed by atoms with Crippen LogP contribution in [-0.2, 0) is 22.7 Å². The van der Waals surface area contributed by atoms with Gasteiger partial charge in [-0.25, -0.2) is 14.2 Å². The van der Waals surface area contributed by atoms with Gasteiger partial charge in [-0.15, -0.1) is 0 Å². The van der Waals surface area contributed by atoms with Gasteiger partial charge in [-0.3, -0.25) is 4.79 Å². The Kier molecular flexibility index (Phi) is 10.6. The van der Waals surface area contributed by atoms with Crippen LogP contribution in [0.2, 0.25) is 0 Å². The summed E-state index contributed by atoms with van der Waals surface area (Å²) in [6, 6.07) is 23.4. The van der Waals surface area contributed by atoms with Gasteiger partial charge in [-0.1, -0.05) is 36.4 Å². The largest absolute Gasteiger partial charge is 0.490 e. The standard InChI is InChI=1S/C32H37FN6O.C2HF3O2/c1-36-18-20-37(21-19-36)28-12-8-24(9-13-28)22-34-31(40)26-14-16-38(17-15-26)32-35-29-4-2-3-5-30(29)39(32)23-25-6-10-27(33)11-7-25;3-2(4,5)1(6)7/h2-13,26H,14-23H2,1H3,(H,34,40);(H,6,7). The fraction of sp³-hybridized carbons (Fsp3) is 0.382. The Bertz CT molecular complexity index is 1640. The highest BCUT2D eigenvalue weighted by atomic mass is 19.4. The second-order valence-electron chi connectivity index (χ2n) is 11.9. The molecule has 2 aliphatic heterocycles. The number of anilines is 2. The number of carbonyl (C=O) groups excluding carboxylic acids is 1. The lowest BCUT2D eigenvalue weighted by atomic mass is 9.96. The van der Waals surface area contributed by atoms with Crippen LogP contribution < -0.4 is 15.1 Å². The molecular formula is C34H38F4N6O3. The minimum atomic E-state index is -5.08. The van der Waals surface area contributed by atoms with E-state index < -0.39 is 12.1 Å². The van der Waals surface area contributed by atoms with E-state index in [-0.39, 0.29) is 17.6 Å². The van der Waals surface area contributed by atoms with Crippen LogP contribution in [0, 0.1) is 11.7 Å². The Labute approximate surface area is 270 Å². The maximum Gasteiger partial charge on any atom is 0.490 e. The molecule has 2 aliphatic rings. The Morgan fingerprint density at radius 2 is 1.45 bits per heavy atom. The summed E-state index contributed by atoms with van der Waals surface area (Å²) < 4.78 is 47.4. The molecule has 3 heterocycles. The minimum absolute atomic E-state index is 0.00390. The number of piperidine rings is 1. The number of carboxylic acids is 1. The molecule has 13 heteroatoms. The summed E-state index contributed by atoms with van der Waals surface area (Å²) >= 11 is 0. The highest BCUT2D eigenvalue weighted by Crippen LogP contribution is 2.28. The topological polar surface area (TPSA) is 93.9 Å². The van der Waals surface area contributed by atoms with E-state index >= 15 is 0 Å². The van der Waals surface area contributed by atoms with Gasteiger partial charge >= 0.3 is 12.1 Å². The van der Waals surface area contributed by atoms with Crippen molar-refractivity contribution in [3.63, 3.8) is 0 Å². The van der Waals surface area contributed by atoms with E-state index in [1.54, 1.807) is 0 Å². The number of benzene rings is 3. The van der Waals surface area contributed by atoms with Crippen molar-refractivity contribution in [1.82, 2.24) is 19.8 Å². The SMILES string of the molecule is CN1CCN(c2ccc(CNC(=O)C3CCN(c4nc5ccccc5n4Cc4ccc(F)cc4)CC3)cc2)CC1.O=C(O)C(F)(F)F. The number of halogens is 4. The van der Waals surface area contributed by atoms with Crippen molar-refractivity contribution in [2.45, 2.75) is 32.1 Å². The number of imidazole rings is 1. The Morgan fingerprint density at radius 1 is 0.851 bits per heavy atom. The molecule has 0 bridgehead atoms. The van der Waals surface area contributed by atoms with E-state index in [1.165, 1.54) is 17.8 Å². The summed E-state index contributed by atoms with van der Waals surface area (Å²) in [4.78, 5) is 33.9. The number of nitrogens with one attached hydrogen (secondary N) is 1. The molecule has 2 fully saturated rings. The van der Waals surface area contributed by atoms with E-state index in [4.69, 9.17) is 14.9 Å². The maximum absolute atomic E-state index is 13.5. The molecule has 0 atom stereocenters. The molecule has 4 aromatic rings. The van der Waals surface area contributed by atoms with E-state index in [0.29, 0.717) is 13.1 Å². The van der Waals surface area contributed by atoms with Crippen molar-refractivity contribution < 1.29 is 32.3 Å². The highest BCUT2D eigenvalue weighted by Gasteiger charge is 2.38. The first-order valence-electron chi connectivity index (χ1n) is 15.5. The molecule has 0 aliphatic carbocycles. The number of para-hydroxylation sites is 2. The fourth-order valence-electron chi connectivity index (χ4n) is 5.80. The molecule has 2 saturated heterocycles. The molecule has 3 aromatic carbocycles. The van der Waals surface area contributed by atoms with Crippen LogP contribution in [0.3, 0.4) is 0 Å². The number of hydrogen-bond donors (Lipinski definition) is 2. The van der Waals surface area contributed by atoms with Crippen LogP contribution in [0.1, 0.15) is 24.0 Å². The molecule has 0 spiro atoms. The molecule has 1 amide bonds. The van der Waals surface area contributed by atoms with Crippen LogP contribution >= 0.6 is 0 Å². The molecule has 1 aromatic heterocycles. The maximum atomic E-state index is 13.5. The third-order valence-electron chi connectivity index (χ3n) is 8.55. The monoisotopic (exact) mass is 654 g/mol. The molecule has 250 valence electrons. The molecule has 0 radical (unpaired) electrons. The Morgan fingerprint density at radius 3 is 2.06 bits per heavy atom. The summed E-state index contributed by atoms with van der Waals surface area (Å²) in [5, 5.41) is 10.3. The zero-order valence-corrected chi connectivity index (χ0v) is 26.1. The van der Waals surface area contributed by atoms with Crippen LogP contribution in [0.25, 0.3) is 11.0 Å². The van der Waals surface area contributed by atoms with Crippen LogP contribution in [-0.4, -0.2) is 83.9 Å². The first-order chi connectivity index (χ1) is 22.5. The van der Waals surface area contributed by atoms with Gasteiger partial charge in [0.1, 0.15) is 5.82 Å². The summed E-state index contributed by atoms with van der Waals surface area (Å²) in [6.07, 6.45) is -3.51. The van der Waals surface area contributed by atoms with Gasteiger partial charge in [-0.05, 0) is 67.4 Å². The fourth-order valence-corrected chi connectivity index (χ4v) is 5.80. The lowest BCUT2D eigenvalue weighted by Crippen LogP contribution is -2.44. The number of carboxylic acid groups (broad SMARTS) is 1. The van der Waals surface area contributed by atoms with Gasteiger partial charge < -0.3 is 29.7 Å². The van der Waals surface area contributed by atoms with Crippen molar-refractivity contribution in [3.8, 4) is 0 Å². The number of nitrogens with zero attached hydrogens (tertiary/aromatic N) is 5. The molecule has 9 nitrogen and oxygen atoms in total. The van der Waals surface area contributed by atoms with Gasteiger partial charge in [0.25, 0.3) is 0 Å². The number of alkyl halides is 3. The van der Waals surface area contributed by atoms with E-state index in [0.717, 1.165) is 80.2 Å². The van der Waals surface area contributed by atoms with E-state index in [2.05, 4.69) is 62.0 Å². The Balaban J connectivity index is 0.000000559. The first-order valence-corrected chi connectivity index (χ1v) is 15.5. The predicted octanol–water partition coefficient (Wildman–Crippen LogP) is 5.14.